The first-order valence-corrected chi connectivity index (χ1v) is 14.3. The van der Waals surface area contributed by atoms with Crippen LogP contribution in [0.5, 0.6) is 5.88 Å². The fourth-order valence-electron chi connectivity index (χ4n) is 4.00. The maximum absolute atomic E-state index is 13.0. The van der Waals surface area contributed by atoms with Crippen molar-refractivity contribution in [2.75, 3.05) is 5.01 Å². The van der Waals surface area contributed by atoms with E-state index >= 15 is 0 Å². The molecule has 0 atom stereocenters. The van der Waals surface area contributed by atoms with Gasteiger partial charge in [-0.05, 0) is 80.1 Å². The molecular formula is C26H18K2N4O9S2. The number of aromatic nitrogens is 1. The second-order valence-electron chi connectivity index (χ2n) is 8.63. The van der Waals surface area contributed by atoms with Gasteiger partial charge in [-0.2, -0.15) is 15.4 Å². The summed E-state index contributed by atoms with van der Waals surface area (Å²) in [7, 11) is -9.42. The van der Waals surface area contributed by atoms with Crippen molar-refractivity contribution in [1.82, 2.24) is 4.57 Å². The first kappa shape index (κ1) is 37.6. The summed E-state index contributed by atoms with van der Waals surface area (Å²) in [6.07, 6.45) is 4.11. The van der Waals surface area contributed by atoms with Crippen LogP contribution in [0.15, 0.2) is 85.9 Å². The number of allylic oxidation sites excluding steroid dienone is 2. The quantitative estimate of drug-likeness (QED) is 0.152. The molecule has 210 valence electrons. The molecule has 0 aliphatic carbocycles. The molecule has 2 heterocycles. The SMILES string of the molecule is CC1=NN(c2ccc(S(=O)(=O)[O-])cc2)C(=O)C1=CC=Cc1c(C)c(C#N)c(=O)n(-c2ccc(S(=O)(=O)[O-])cc2)c1O.[K+].[K+]. The third-order valence-corrected chi connectivity index (χ3v) is 7.80. The molecular weight excluding hydrogens is 655 g/mol. The van der Waals surface area contributed by atoms with Gasteiger partial charge in [0, 0.05) is 5.56 Å². The maximum atomic E-state index is 13.0. The molecule has 1 aliphatic rings. The molecule has 0 radical (unpaired) electrons. The van der Waals surface area contributed by atoms with Gasteiger partial charge in [-0.1, -0.05) is 6.08 Å². The zero-order valence-corrected chi connectivity index (χ0v) is 31.0. The number of benzene rings is 2. The molecule has 4 rings (SSSR count). The van der Waals surface area contributed by atoms with E-state index in [0.29, 0.717) is 5.71 Å². The molecule has 1 N–H and O–H groups in total. The smallest absolute Gasteiger partial charge is 0.744 e. The molecule has 1 amide bonds. The van der Waals surface area contributed by atoms with Gasteiger partial charge in [0.25, 0.3) is 11.5 Å². The van der Waals surface area contributed by atoms with Gasteiger partial charge in [0.15, 0.2) is 0 Å². The predicted octanol–water partition coefficient (Wildman–Crippen LogP) is -4.10. The first-order valence-electron chi connectivity index (χ1n) is 11.4. The Kier molecular flexibility index (Phi) is 12.8. The molecule has 1 aromatic heterocycles. The number of hydrogen-bond donors (Lipinski definition) is 1. The fraction of sp³-hybridized carbons (Fsp3) is 0.0769. The minimum Gasteiger partial charge on any atom is -0.744 e. The van der Waals surface area contributed by atoms with Crippen LogP contribution in [0, 0.1) is 18.3 Å². The van der Waals surface area contributed by atoms with Gasteiger partial charge in [-0.25, -0.2) is 21.4 Å². The van der Waals surface area contributed by atoms with Crippen molar-refractivity contribution < 1.29 is 139 Å². The largest absolute Gasteiger partial charge is 1.00 e. The number of hydrazone groups is 1. The second kappa shape index (κ2) is 14.7. The van der Waals surface area contributed by atoms with Gasteiger partial charge in [-0.15, -0.1) is 0 Å². The molecule has 2 aromatic carbocycles. The van der Waals surface area contributed by atoms with Crippen LogP contribution in [0.1, 0.15) is 23.6 Å². The van der Waals surface area contributed by atoms with Crippen LogP contribution < -0.4 is 113 Å². The molecule has 0 unspecified atom stereocenters. The fourth-order valence-corrected chi connectivity index (χ4v) is 4.94. The Morgan fingerprint density at radius 1 is 0.884 bits per heavy atom. The Morgan fingerprint density at radius 3 is 1.84 bits per heavy atom. The van der Waals surface area contributed by atoms with Gasteiger partial charge < -0.3 is 14.2 Å². The van der Waals surface area contributed by atoms with Gasteiger partial charge in [0.2, 0.25) is 5.88 Å². The standard InChI is InChI=1S/C26H20N4O9S2.2K/c1-15-21(24(31)29(25(32)23(15)14-27)17-6-10-19(11-7-17)40(34,35)36)4-3-5-22-16(2)28-30(26(22)33)18-8-12-20(13-9-18)41(37,38)39;;/h3-13,31H,1-2H3,(H,34,35,36)(H,37,38,39);;/q;2*+1/p-2. The number of rotatable bonds is 6. The van der Waals surface area contributed by atoms with Crippen LogP contribution in [0.4, 0.5) is 5.69 Å². The van der Waals surface area contributed by atoms with E-state index in [0.717, 1.165) is 46.0 Å². The molecule has 0 bridgehead atoms. The van der Waals surface area contributed by atoms with E-state index in [1.165, 1.54) is 37.3 Å². The zero-order chi connectivity index (χ0) is 30.3. The van der Waals surface area contributed by atoms with E-state index in [1.807, 2.05) is 0 Å². The summed E-state index contributed by atoms with van der Waals surface area (Å²) in [6.45, 7) is 2.99. The Hall–Kier alpha value is -1.61. The zero-order valence-electron chi connectivity index (χ0n) is 23.2. The topological polar surface area (TPSA) is 213 Å². The van der Waals surface area contributed by atoms with Crippen LogP contribution in [0.3, 0.4) is 0 Å². The average molecular weight is 673 g/mol. The molecule has 3 aromatic rings. The normalized spacial score (nSPS) is 14.3. The number of hydrogen-bond acceptors (Lipinski definition) is 11. The Labute approximate surface area is 331 Å². The van der Waals surface area contributed by atoms with Gasteiger partial charge in [0.1, 0.15) is 31.9 Å². The number of carbonyl (C=O) groups is 1. The Bertz CT molecular complexity index is 2010. The van der Waals surface area contributed by atoms with Crippen LogP contribution in [0.2, 0.25) is 0 Å². The molecule has 0 saturated carbocycles. The van der Waals surface area contributed by atoms with E-state index in [2.05, 4.69) is 5.10 Å². The van der Waals surface area contributed by atoms with E-state index in [1.54, 1.807) is 13.0 Å². The summed E-state index contributed by atoms with van der Waals surface area (Å²) in [6, 6.07) is 10.6. The summed E-state index contributed by atoms with van der Waals surface area (Å²) in [4.78, 5) is 24.9. The van der Waals surface area contributed by atoms with Crippen molar-refractivity contribution in [2.24, 2.45) is 5.10 Å². The van der Waals surface area contributed by atoms with E-state index in [4.69, 9.17) is 0 Å². The predicted molar refractivity (Wildman–Crippen MR) is 143 cm³/mol. The Morgan fingerprint density at radius 2 is 1.37 bits per heavy atom. The molecule has 17 heteroatoms. The molecule has 0 fully saturated rings. The van der Waals surface area contributed by atoms with Crippen molar-refractivity contribution in [3.63, 3.8) is 0 Å². The number of nitrogens with zero attached hydrogens (tertiary/aromatic N) is 4. The van der Waals surface area contributed by atoms with E-state index in [9.17, 15) is 45.9 Å². The number of anilines is 1. The van der Waals surface area contributed by atoms with Crippen molar-refractivity contribution in [3.8, 4) is 17.6 Å². The summed E-state index contributed by atoms with van der Waals surface area (Å²) < 4.78 is 68.0. The van der Waals surface area contributed by atoms with Crippen molar-refractivity contribution >= 4 is 43.6 Å². The molecule has 1 aliphatic heterocycles. The van der Waals surface area contributed by atoms with Crippen molar-refractivity contribution in [2.45, 2.75) is 23.6 Å². The van der Waals surface area contributed by atoms with E-state index < -0.39 is 47.4 Å². The van der Waals surface area contributed by atoms with Crippen LogP contribution in [-0.4, -0.2) is 47.2 Å². The minimum atomic E-state index is -4.76. The summed E-state index contributed by atoms with van der Waals surface area (Å²) in [5.41, 5.74) is -0.355. The van der Waals surface area contributed by atoms with Crippen LogP contribution >= 0.6 is 0 Å². The maximum Gasteiger partial charge on any atom is 1.00 e. The van der Waals surface area contributed by atoms with Gasteiger partial charge in [-0.3, -0.25) is 9.59 Å². The number of amides is 1. The third-order valence-electron chi connectivity index (χ3n) is 6.10. The van der Waals surface area contributed by atoms with Gasteiger partial charge >= 0.3 is 103 Å². The molecule has 0 spiro atoms. The van der Waals surface area contributed by atoms with Gasteiger partial charge in [0.05, 0.1) is 32.5 Å². The summed E-state index contributed by atoms with van der Waals surface area (Å²) in [5.74, 6) is -1.15. The average Bonchev–Trinajstić information content (AvgIpc) is 3.18. The van der Waals surface area contributed by atoms with Crippen molar-refractivity contribution in [3.05, 3.63) is 93.3 Å². The number of pyridine rings is 1. The third kappa shape index (κ3) is 7.98. The molecule has 0 saturated heterocycles. The van der Waals surface area contributed by atoms with Crippen LogP contribution in [0.25, 0.3) is 11.8 Å². The number of aromatic hydroxyl groups is 1. The second-order valence-corrected chi connectivity index (χ2v) is 11.4. The number of carbonyl (C=O) groups excluding carboxylic acids is 1. The molecule has 13 nitrogen and oxygen atoms in total. The van der Waals surface area contributed by atoms with Crippen LogP contribution in [-0.2, 0) is 25.0 Å². The minimum absolute atomic E-state index is 0. The summed E-state index contributed by atoms with van der Waals surface area (Å²) in [5, 5.41) is 25.7. The first-order chi connectivity index (χ1) is 19.1. The number of nitriles is 1. The van der Waals surface area contributed by atoms with E-state index in [-0.39, 0.29) is 136 Å². The van der Waals surface area contributed by atoms with Crippen molar-refractivity contribution in [1.29, 1.82) is 5.26 Å². The monoisotopic (exact) mass is 672 g/mol. The summed E-state index contributed by atoms with van der Waals surface area (Å²) >= 11 is 0. The molecule has 43 heavy (non-hydrogen) atoms. The Balaban J connectivity index is 0.00000323.